The van der Waals surface area contributed by atoms with Crippen molar-refractivity contribution in [1.29, 1.82) is 0 Å². The molecule has 1 heterocycles. The Labute approximate surface area is 136 Å². The standard InChI is InChI=1S/C16H20N2O4S/c1-4-8-17-23(20,21)15-7-5-6-14(9-15)16(19)18-10-13(3)22-11-12(18)2/h1,5-7,9,12-13,17H,8,10-11H2,2-3H3. The van der Waals surface area contributed by atoms with Gasteiger partial charge in [-0.25, -0.2) is 8.42 Å². The van der Waals surface area contributed by atoms with Gasteiger partial charge in [-0.05, 0) is 32.0 Å². The Bertz CT molecular complexity index is 724. The summed E-state index contributed by atoms with van der Waals surface area (Å²) < 4.78 is 32.0. The highest BCUT2D eigenvalue weighted by atomic mass is 32.2. The van der Waals surface area contributed by atoms with E-state index in [-0.39, 0.29) is 29.5 Å². The third-order valence-corrected chi connectivity index (χ3v) is 5.02. The Morgan fingerprint density at radius 1 is 1.48 bits per heavy atom. The molecule has 2 rings (SSSR count). The molecule has 1 aliphatic heterocycles. The second-order valence-corrected chi connectivity index (χ2v) is 7.27. The summed E-state index contributed by atoms with van der Waals surface area (Å²) >= 11 is 0. The number of nitrogens with zero attached hydrogens (tertiary/aromatic N) is 1. The molecule has 2 atom stereocenters. The van der Waals surface area contributed by atoms with Crippen LogP contribution in [-0.2, 0) is 14.8 Å². The normalized spacial score (nSPS) is 21.7. The van der Waals surface area contributed by atoms with Crippen LogP contribution in [0.1, 0.15) is 24.2 Å². The molecule has 0 saturated carbocycles. The Morgan fingerprint density at radius 3 is 2.91 bits per heavy atom. The second-order valence-electron chi connectivity index (χ2n) is 5.51. The van der Waals surface area contributed by atoms with Gasteiger partial charge >= 0.3 is 0 Å². The van der Waals surface area contributed by atoms with Gasteiger partial charge in [-0.3, -0.25) is 4.79 Å². The van der Waals surface area contributed by atoms with Gasteiger partial charge in [0.05, 0.1) is 30.2 Å². The number of rotatable bonds is 4. The maximum absolute atomic E-state index is 12.7. The lowest BCUT2D eigenvalue weighted by Crippen LogP contribution is -2.50. The second kappa shape index (κ2) is 7.13. The lowest BCUT2D eigenvalue weighted by Gasteiger charge is -2.36. The van der Waals surface area contributed by atoms with E-state index in [2.05, 4.69) is 10.6 Å². The zero-order valence-corrected chi connectivity index (χ0v) is 14.0. The fourth-order valence-electron chi connectivity index (χ4n) is 2.37. The Kier molecular flexibility index (Phi) is 5.42. The molecule has 0 aromatic heterocycles. The number of morpholine rings is 1. The lowest BCUT2D eigenvalue weighted by molar-refractivity contribution is -0.0387. The highest BCUT2D eigenvalue weighted by Crippen LogP contribution is 2.18. The summed E-state index contributed by atoms with van der Waals surface area (Å²) in [5, 5.41) is 0. The van der Waals surface area contributed by atoms with Crippen LogP contribution < -0.4 is 4.72 Å². The van der Waals surface area contributed by atoms with Gasteiger partial charge in [0.15, 0.2) is 0 Å². The summed E-state index contributed by atoms with van der Waals surface area (Å²) in [5.74, 6) is 2.01. The monoisotopic (exact) mass is 336 g/mol. The quantitative estimate of drug-likeness (QED) is 0.827. The van der Waals surface area contributed by atoms with Crippen molar-refractivity contribution in [3.63, 3.8) is 0 Å². The summed E-state index contributed by atoms with van der Waals surface area (Å²) in [4.78, 5) is 14.4. The number of carbonyl (C=O) groups excluding carboxylic acids is 1. The summed E-state index contributed by atoms with van der Waals surface area (Å²) in [6, 6.07) is 5.90. The van der Waals surface area contributed by atoms with Gasteiger partial charge in [0.25, 0.3) is 5.91 Å². The molecule has 1 aliphatic rings. The molecular formula is C16H20N2O4S. The van der Waals surface area contributed by atoms with Crippen molar-refractivity contribution in [1.82, 2.24) is 9.62 Å². The van der Waals surface area contributed by atoms with Gasteiger partial charge in [0.2, 0.25) is 10.0 Å². The molecular weight excluding hydrogens is 316 g/mol. The number of amides is 1. The van der Waals surface area contributed by atoms with Crippen molar-refractivity contribution in [2.45, 2.75) is 30.9 Å². The smallest absolute Gasteiger partial charge is 0.254 e. The topological polar surface area (TPSA) is 75.7 Å². The molecule has 2 unspecified atom stereocenters. The molecule has 0 spiro atoms. The molecule has 0 radical (unpaired) electrons. The van der Waals surface area contributed by atoms with Crippen LogP contribution >= 0.6 is 0 Å². The minimum absolute atomic E-state index is 0.0209. The molecule has 1 aromatic rings. The van der Waals surface area contributed by atoms with Crippen LogP contribution in [0.5, 0.6) is 0 Å². The van der Waals surface area contributed by atoms with Crippen LogP contribution in [0, 0.1) is 12.3 Å². The molecule has 1 amide bonds. The summed E-state index contributed by atoms with van der Waals surface area (Å²) in [6.45, 7) is 4.65. The fourth-order valence-corrected chi connectivity index (χ4v) is 3.35. The van der Waals surface area contributed by atoms with E-state index in [1.165, 1.54) is 12.1 Å². The summed E-state index contributed by atoms with van der Waals surface area (Å²) in [5.41, 5.74) is 0.328. The first-order valence-corrected chi connectivity index (χ1v) is 8.79. The van der Waals surface area contributed by atoms with Crippen molar-refractivity contribution in [3.05, 3.63) is 29.8 Å². The maximum Gasteiger partial charge on any atom is 0.254 e. The van der Waals surface area contributed by atoms with E-state index in [4.69, 9.17) is 11.2 Å². The number of hydrogen-bond acceptors (Lipinski definition) is 4. The molecule has 7 heteroatoms. The molecule has 1 saturated heterocycles. The average Bonchev–Trinajstić information content (AvgIpc) is 2.54. The van der Waals surface area contributed by atoms with E-state index >= 15 is 0 Å². The number of nitrogens with one attached hydrogen (secondary N) is 1. The number of carbonyl (C=O) groups is 1. The van der Waals surface area contributed by atoms with E-state index in [1.807, 2.05) is 13.8 Å². The third kappa shape index (κ3) is 4.10. The molecule has 1 N–H and O–H groups in total. The number of benzene rings is 1. The van der Waals surface area contributed by atoms with Gasteiger partial charge in [0.1, 0.15) is 0 Å². The van der Waals surface area contributed by atoms with Crippen molar-refractivity contribution in [2.75, 3.05) is 19.7 Å². The highest BCUT2D eigenvalue weighted by molar-refractivity contribution is 7.89. The van der Waals surface area contributed by atoms with Crippen molar-refractivity contribution in [2.24, 2.45) is 0 Å². The first-order chi connectivity index (χ1) is 10.8. The Balaban J connectivity index is 2.26. The van der Waals surface area contributed by atoms with Crippen LogP contribution in [0.3, 0.4) is 0 Å². The molecule has 1 fully saturated rings. The van der Waals surface area contributed by atoms with Gasteiger partial charge in [0, 0.05) is 12.1 Å². The van der Waals surface area contributed by atoms with Gasteiger partial charge < -0.3 is 9.64 Å². The molecule has 6 nitrogen and oxygen atoms in total. The van der Waals surface area contributed by atoms with E-state index in [9.17, 15) is 13.2 Å². The van der Waals surface area contributed by atoms with Crippen molar-refractivity contribution >= 4 is 15.9 Å². The molecule has 0 bridgehead atoms. The van der Waals surface area contributed by atoms with Crippen LogP contribution in [-0.4, -0.2) is 51.1 Å². The summed E-state index contributed by atoms with van der Waals surface area (Å²) in [6.07, 6.45) is 5.03. The third-order valence-electron chi connectivity index (χ3n) is 3.62. The predicted octanol–water partition coefficient (Wildman–Crippen LogP) is 0.847. The predicted molar refractivity (Wildman–Crippen MR) is 86.4 cm³/mol. The van der Waals surface area contributed by atoms with Gasteiger partial charge in [-0.2, -0.15) is 4.72 Å². The largest absolute Gasteiger partial charge is 0.375 e. The van der Waals surface area contributed by atoms with Crippen LogP contribution in [0.2, 0.25) is 0 Å². The zero-order valence-electron chi connectivity index (χ0n) is 13.2. The first-order valence-electron chi connectivity index (χ1n) is 7.31. The lowest BCUT2D eigenvalue weighted by atomic mass is 10.1. The van der Waals surface area contributed by atoms with Crippen LogP contribution in [0.15, 0.2) is 29.2 Å². The Morgan fingerprint density at radius 2 is 2.22 bits per heavy atom. The van der Waals surface area contributed by atoms with Crippen molar-refractivity contribution < 1.29 is 17.9 Å². The summed E-state index contributed by atoms with van der Waals surface area (Å²) in [7, 11) is -3.72. The van der Waals surface area contributed by atoms with Gasteiger partial charge in [-0.15, -0.1) is 6.42 Å². The number of sulfonamides is 1. The van der Waals surface area contributed by atoms with Gasteiger partial charge in [-0.1, -0.05) is 12.0 Å². The zero-order chi connectivity index (χ0) is 17.0. The minimum atomic E-state index is -3.72. The molecule has 23 heavy (non-hydrogen) atoms. The fraction of sp³-hybridized carbons (Fsp3) is 0.438. The maximum atomic E-state index is 12.7. The van der Waals surface area contributed by atoms with E-state index < -0.39 is 10.0 Å². The van der Waals surface area contributed by atoms with Crippen LogP contribution in [0.4, 0.5) is 0 Å². The number of hydrogen-bond donors (Lipinski definition) is 1. The SMILES string of the molecule is C#CCNS(=O)(=O)c1cccc(C(=O)N2CC(C)OCC2C)c1. The van der Waals surface area contributed by atoms with E-state index in [0.717, 1.165) is 0 Å². The molecule has 124 valence electrons. The van der Waals surface area contributed by atoms with E-state index in [1.54, 1.807) is 17.0 Å². The number of ether oxygens (including phenoxy) is 1. The average molecular weight is 336 g/mol. The number of terminal acetylenes is 1. The van der Waals surface area contributed by atoms with E-state index in [0.29, 0.717) is 18.7 Å². The first kappa shape index (κ1) is 17.5. The molecule has 1 aromatic carbocycles. The van der Waals surface area contributed by atoms with Crippen LogP contribution in [0.25, 0.3) is 0 Å². The Hall–Kier alpha value is -1.88. The highest BCUT2D eigenvalue weighted by Gasteiger charge is 2.28. The molecule has 0 aliphatic carbocycles. The minimum Gasteiger partial charge on any atom is -0.375 e. The van der Waals surface area contributed by atoms with Crippen molar-refractivity contribution in [3.8, 4) is 12.3 Å².